The summed E-state index contributed by atoms with van der Waals surface area (Å²) in [5.41, 5.74) is 1.03. The van der Waals surface area contributed by atoms with Gasteiger partial charge in [-0.25, -0.2) is 0 Å². The molecule has 0 fully saturated rings. The van der Waals surface area contributed by atoms with E-state index in [1.54, 1.807) is 30.3 Å². The molecule has 0 aliphatic heterocycles. The SMILES string of the molecule is C=CCNC(=O)c1ccccc1NC(=O)CCCCCC. The smallest absolute Gasteiger partial charge is 0.253 e. The van der Waals surface area contributed by atoms with Gasteiger partial charge in [0, 0.05) is 13.0 Å². The van der Waals surface area contributed by atoms with E-state index in [-0.39, 0.29) is 11.8 Å². The van der Waals surface area contributed by atoms with Gasteiger partial charge in [0.2, 0.25) is 5.91 Å². The summed E-state index contributed by atoms with van der Waals surface area (Å²) in [6.45, 7) is 6.10. The highest BCUT2D eigenvalue weighted by molar-refractivity contribution is 6.03. The predicted octanol–water partition coefficient (Wildman–Crippen LogP) is 3.51. The molecular weight excluding hydrogens is 264 g/mol. The Labute approximate surface area is 126 Å². The molecule has 0 aromatic heterocycles. The first kappa shape index (κ1) is 17.0. The first-order valence-electron chi connectivity index (χ1n) is 7.47. The number of benzene rings is 1. The minimum Gasteiger partial charge on any atom is -0.349 e. The highest BCUT2D eigenvalue weighted by Gasteiger charge is 2.12. The van der Waals surface area contributed by atoms with Crippen molar-refractivity contribution in [2.24, 2.45) is 0 Å². The molecule has 0 atom stereocenters. The number of para-hydroxylation sites is 1. The molecule has 1 aromatic rings. The first-order chi connectivity index (χ1) is 10.2. The lowest BCUT2D eigenvalue weighted by atomic mass is 10.1. The lowest BCUT2D eigenvalue weighted by molar-refractivity contribution is -0.116. The van der Waals surface area contributed by atoms with E-state index in [4.69, 9.17) is 0 Å². The normalized spacial score (nSPS) is 9.95. The number of carbonyl (C=O) groups is 2. The molecule has 0 unspecified atom stereocenters. The fraction of sp³-hybridized carbons (Fsp3) is 0.412. The van der Waals surface area contributed by atoms with Gasteiger partial charge in [-0.2, -0.15) is 0 Å². The quantitative estimate of drug-likeness (QED) is 0.539. The second-order valence-electron chi connectivity index (χ2n) is 4.90. The van der Waals surface area contributed by atoms with Gasteiger partial charge in [0.1, 0.15) is 0 Å². The Morgan fingerprint density at radius 1 is 1.19 bits per heavy atom. The Morgan fingerprint density at radius 3 is 2.67 bits per heavy atom. The number of amides is 2. The zero-order valence-corrected chi connectivity index (χ0v) is 12.7. The summed E-state index contributed by atoms with van der Waals surface area (Å²) >= 11 is 0. The molecule has 4 heteroatoms. The van der Waals surface area contributed by atoms with E-state index in [9.17, 15) is 9.59 Å². The topological polar surface area (TPSA) is 58.2 Å². The maximum atomic E-state index is 12.0. The lowest BCUT2D eigenvalue weighted by Crippen LogP contribution is -2.25. The van der Waals surface area contributed by atoms with Gasteiger partial charge in [-0.1, -0.05) is 44.4 Å². The van der Waals surface area contributed by atoms with Gasteiger partial charge in [0.25, 0.3) is 5.91 Å². The average Bonchev–Trinajstić information content (AvgIpc) is 2.50. The number of unbranched alkanes of at least 4 members (excludes halogenated alkanes) is 3. The standard InChI is InChI=1S/C17H24N2O2/c1-3-5-6-7-12-16(20)19-15-11-9-8-10-14(15)17(21)18-13-4-2/h4,8-11H,2-3,5-7,12-13H2,1H3,(H,18,21)(H,19,20). The van der Waals surface area contributed by atoms with Gasteiger partial charge in [0.15, 0.2) is 0 Å². The van der Waals surface area contributed by atoms with Crippen LogP contribution in [-0.2, 0) is 4.79 Å². The van der Waals surface area contributed by atoms with E-state index in [0.29, 0.717) is 24.2 Å². The van der Waals surface area contributed by atoms with Crippen LogP contribution in [0.1, 0.15) is 49.4 Å². The number of anilines is 1. The molecule has 0 spiro atoms. The number of hydrogen-bond donors (Lipinski definition) is 2. The number of rotatable bonds is 9. The van der Waals surface area contributed by atoms with E-state index >= 15 is 0 Å². The van der Waals surface area contributed by atoms with E-state index in [1.807, 2.05) is 0 Å². The molecule has 0 bridgehead atoms. The summed E-state index contributed by atoms with van der Waals surface area (Å²) in [5.74, 6) is -0.258. The Balaban J connectivity index is 2.59. The minimum absolute atomic E-state index is 0.0462. The van der Waals surface area contributed by atoms with Crippen LogP contribution in [0, 0.1) is 0 Å². The van der Waals surface area contributed by atoms with E-state index in [1.165, 1.54) is 0 Å². The van der Waals surface area contributed by atoms with E-state index in [2.05, 4.69) is 24.1 Å². The number of nitrogens with one attached hydrogen (secondary N) is 2. The molecule has 4 nitrogen and oxygen atoms in total. The highest BCUT2D eigenvalue weighted by Crippen LogP contribution is 2.15. The molecule has 0 aliphatic carbocycles. The Morgan fingerprint density at radius 2 is 1.95 bits per heavy atom. The second kappa shape index (κ2) is 9.75. The third kappa shape index (κ3) is 6.25. The predicted molar refractivity (Wildman–Crippen MR) is 86.4 cm³/mol. The van der Waals surface area contributed by atoms with Crippen molar-refractivity contribution < 1.29 is 9.59 Å². The summed E-state index contributed by atoms with van der Waals surface area (Å²) in [5, 5.41) is 5.53. The molecule has 2 N–H and O–H groups in total. The van der Waals surface area contributed by atoms with Crippen LogP contribution in [0.15, 0.2) is 36.9 Å². The lowest BCUT2D eigenvalue weighted by Gasteiger charge is -2.10. The Bertz CT molecular complexity index is 483. The fourth-order valence-electron chi connectivity index (χ4n) is 1.98. The van der Waals surface area contributed by atoms with Crippen LogP contribution >= 0.6 is 0 Å². The van der Waals surface area contributed by atoms with Gasteiger partial charge in [0.05, 0.1) is 11.3 Å². The van der Waals surface area contributed by atoms with Crippen LogP contribution in [0.4, 0.5) is 5.69 Å². The number of carbonyl (C=O) groups excluding carboxylic acids is 2. The Kier molecular flexibility index (Phi) is 7.87. The van der Waals surface area contributed by atoms with Gasteiger partial charge >= 0.3 is 0 Å². The zero-order chi connectivity index (χ0) is 15.5. The van der Waals surface area contributed by atoms with Gasteiger partial charge in [-0.15, -0.1) is 6.58 Å². The highest BCUT2D eigenvalue weighted by atomic mass is 16.2. The van der Waals surface area contributed by atoms with E-state index in [0.717, 1.165) is 25.7 Å². The molecule has 0 saturated heterocycles. The largest absolute Gasteiger partial charge is 0.349 e. The average molecular weight is 288 g/mol. The zero-order valence-electron chi connectivity index (χ0n) is 12.7. The van der Waals surface area contributed by atoms with Crippen molar-refractivity contribution in [3.63, 3.8) is 0 Å². The first-order valence-corrected chi connectivity index (χ1v) is 7.47. The number of hydrogen-bond acceptors (Lipinski definition) is 2. The van der Waals surface area contributed by atoms with Crippen molar-refractivity contribution >= 4 is 17.5 Å². The molecule has 21 heavy (non-hydrogen) atoms. The molecule has 2 amide bonds. The summed E-state index contributed by atoms with van der Waals surface area (Å²) in [7, 11) is 0. The molecule has 0 heterocycles. The van der Waals surface area contributed by atoms with E-state index < -0.39 is 0 Å². The van der Waals surface area contributed by atoms with Crippen molar-refractivity contribution in [3.8, 4) is 0 Å². The maximum Gasteiger partial charge on any atom is 0.253 e. The van der Waals surface area contributed by atoms with Crippen LogP contribution in [0.2, 0.25) is 0 Å². The van der Waals surface area contributed by atoms with Crippen LogP contribution in [0.3, 0.4) is 0 Å². The van der Waals surface area contributed by atoms with Crippen molar-refractivity contribution in [2.75, 3.05) is 11.9 Å². The van der Waals surface area contributed by atoms with Crippen molar-refractivity contribution in [3.05, 3.63) is 42.5 Å². The van der Waals surface area contributed by atoms with Crippen LogP contribution in [0.5, 0.6) is 0 Å². The summed E-state index contributed by atoms with van der Waals surface area (Å²) in [4.78, 5) is 23.9. The molecule has 1 aromatic carbocycles. The molecular formula is C17H24N2O2. The van der Waals surface area contributed by atoms with Gasteiger partial charge < -0.3 is 10.6 Å². The van der Waals surface area contributed by atoms with Crippen LogP contribution in [-0.4, -0.2) is 18.4 Å². The van der Waals surface area contributed by atoms with Gasteiger partial charge in [-0.3, -0.25) is 9.59 Å². The summed E-state index contributed by atoms with van der Waals surface area (Å²) < 4.78 is 0. The van der Waals surface area contributed by atoms with Crippen LogP contribution < -0.4 is 10.6 Å². The Hall–Kier alpha value is -2.10. The van der Waals surface area contributed by atoms with Crippen molar-refractivity contribution in [1.29, 1.82) is 0 Å². The van der Waals surface area contributed by atoms with Crippen LogP contribution in [0.25, 0.3) is 0 Å². The summed E-state index contributed by atoms with van der Waals surface area (Å²) in [6.07, 6.45) is 6.34. The molecule has 114 valence electrons. The van der Waals surface area contributed by atoms with Gasteiger partial charge in [-0.05, 0) is 18.6 Å². The molecule has 0 aliphatic rings. The van der Waals surface area contributed by atoms with Crippen molar-refractivity contribution in [2.45, 2.75) is 39.0 Å². The molecule has 1 rings (SSSR count). The second-order valence-corrected chi connectivity index (χ2v) is 4.90. The third-order valence-electron chi connectivity index (χ3n) is 3.11. The third-order valence-corrected chi connectivity index (χ3v) is 3.11. The maximum absolute atomic E-state index is 12.0. The molecule has 0 radical (unpaired) electrons. The van der Waals surface area contributed by atoms with Crippen molar-refractivity contribution in [1.82, 2.24) is 5.32 Å². The molecule has 0 saturated carbocycles. The summed E-state index contributed by atoms with van der Waals surface area (Å²) in [6, 6.07) is 7.02. The fourth-order valence-corrected chi connectivity index (χ4v) is 1.98. The minimum atomic E-state index is -0.211. The monoisotopic (exact) mass is 288 g/mol.